The van der Waals surface area contributed by atoms with Gasteiger partial charge in [0, 0.05) is 22.7 Å². The van der Waals surface area contributed by atoms with Gasteiger partial charge in [0.25, 0.3) is 11.8 Å². The number of benzene rings is 1. The van der Waals surface area contributed by atoms with Crippen molar-refractivity contribution < 1.29 is 23.9 Å². The second-order valence-corrected chi connectivity index (χ2v) is 7.73. The topological polar surface area (TPSA) is 93.7 Å². The van der Waals surface area contributed by atoms with Gasteiger partial charge in [0.05, 0.1) is 12.7 Å². The van der Waals surface area contributed by atoms with E-state index < -0.39 is 12.1 Å². The Kier molecular flexibility index (Phi) is 6.11. The molecule has 7 nitrogen and oxygen atoms in total. The molecule has 3 rings (SSSR count). The maximum absolute atomic E-state index is 12.7. The van der Waals surface area contributed by atoms with Gasteiger partial charge in [-0.05, 0) is 50.5 Å². The van der Waals surface area contributed by atoms with E-state index in [1.54, 1.807) is 24.3 Å². The van der Waals surface area contributed by atoms with E-state index >= 15 is 0 Å². The number of amides is 2. The van der Waals surface area contributed by atoms with Crippen LogP contribution in [0.3, 0.4) is 0 Å². The van der Waals surface area contributed by atoms with Gasteiger partial charge in [-0.2, -0.15) is 0 Å². The Hall–Kier alpha value is -2.71. The summed E-state index contributed by atoms with van der Waals surface area (Å²) in [7, 11) is 1.31. The van der Waals surface area contributed by atoms with E-state index in [0.717, 1.165) is 16.9 Å². The molecule has 1 fully saturated rings. The minimum absolute atomic E-state index is 0.215. The van der Waals surface area contributed by atoms with Crippen LogP contribution in [0.1, 0.15) is 44.0 Å². The first kappa shape index (κ1) is 20.0. The van der Waals surface area contributed by atoms with Crippen molar-refractivity contribution in [2.45, 2.75) is 32.8 Å². The van der Waals surface area contributed by atoms with E-state index in [9.17, 15) is 14.4 Å². The van der Waals surface area contributed by atoms with Gasteiger partial charge in [0.2, 0.25) is 0 Å². The molecule has 1 aliphatic heterocycles. The van der Waals surface area contributed by atoms with E-state index in [1.165, 1.54) is 18.4 Å². The van der Waals surface area contributed by atoms with Gasteiger partial charge in [0.1, 0.15) is 11.1 Å². The molecule has 1 saturated heterocycles. The summed E-state index contributed by atoms with van der Waals surface area (Å²) in [6.07, 6.45) is 1.11. The average Bonchev–Trinajstić information content (AvgIpc) is 3.31. The molecule has 1 aliphatic rings. The van der Waals surface area contributed by atoms with Crippen molar-refractivity contribution in [3.63, 3.8) is 0 Å². The average molecular weight is 402 g/mol. The number of hydrogen-bond donors (Lipinski definition) is 2. The lowest BCUT2D eigenvalue weighted by molar-refractivity contribution is -0.124. The minimum atomic E-state index is -0.491. The molecule has 0 aliphatic carbocycles. The van der Waals surface area contributed by atoms with Crippen LogP contribution in [-0.4, -0.2) is 37.6 Å². The van der Waals surface area contributed by atoms with Gasteiger partial charge in [0.15, 0.2) is 0 Å². The van der Waals surface area contributed by atoms with Crippen LogP contribution >= 0.6 is 11.3 Å². The van der Waals surface area contributed by atoms with Gasteiger partial charge >= 0.3 is 5.97 Å². The predicted molar refractivity (Wildman–Crippen MR) is 107 cm³/mol. The Morgan fingerprint density at radius 3 is 2.68 bits per heavy atom. The van der Waals surface area contributed by atoms with Crippen molar-refractivity contribution in [3.8, 4) is 0 Å². The van der Waals surface area contributed by atoms with Crippen LogP contribution in [0.2, 0.25) is 0 Å². The SMILES string of the molecule is COC(=O)c1c(NC(=O)c2cccc(NC(=O)[C@H]3CCCO3)c2)sc(C)c1C. The largest absolute Gasteiger partial charge is 0.465 e. The third-order valence-corrected chi connectivity index (χ3v) is 5.74. The maximum Gasteiger partial charge on any atom is 0.341 e. The highest BCUT2D eigenvalue weighted by Gasteiger charge is 2.24. The molecule has 0 saturated carbocycles. The molecule has 1 atom stereocenters. The first-order valence-corrected chi connectivity index (χ1v) is 9.74. The van der Waals surface area contributed by atoms with Gasteiger partial charge in [-0.15, -0.1) is 11.3 Å². The minimum Gasteiger partial charge on any atom is -0.465 e. The number of anilines is 2. The zero-order chi connectivity index (χ0) is 20.3. The van der Waals surface area contributed by atoms with Crippen molar-refractivity contribution in [2.24, 2.45) is 0 Å². The van der Waals surface area contributed by atoms with E-state index in [-0.39, 0.29) is 11.8 Å². The molecule has 2 amide bonds. The number of ether oxygens (including phenoxy) is 2. The monoisotopic (exact) mass is 402 g/mol. The summed E-state index contributed by atoms with van der Waals surface area (Å²) < 4.78 is 10.2. The van der Waals surface area contributed by atoms with Crippen LogP contribution in [-0.2, 0) is 14.3 Å². The van der Waals surface area contributed by atoms with E-state index in [4.69, 9.17) is 9.47 Å². The summed E-state index contributed by atoms with van der Waals surface area (Å²) in [5.74, 6) is -1.08. The quantitative estimate of drug-likeness (QED) is 0.747. The normalized spacial score (nSPS) is 15.9. The molecule has 0 radical (unpaired) electrons. The second-order valence-electron chi connectivity index (χ2n) is 6.50. The highest BCUT2D eigenvalue weighted by molar-refractivity contribution is 7.16. The molecule has 0 spiro atoms. The first-order valence-electron chi connectivity index (χ1n) is 8.93. The number of hydrogen-bond acceptors (Lipinski definition) is 6. The third-order valence-electron chi connectivity index (χ3n) is 4.62. The van der Waals surface area contributed by atoms with Gasteiger partial charge in [-0.25, -0.2) is 4.79 Å². The Morgan fingerprint density at radius 2 is 2.00 bits per heavy atom. The molecule has 2 heterocycles. The van der Waals surface area contributed by atoms with E-state index in [1.807, 2.05) is 13.8 Å². The molecular formula is C20H22N2O5S. The van der Waals surface area contributed by atoms with E-state index in [2.05, 4.69) is 10.6 Å². The summed E-state index contributed by atoms with van der Waals surface area (Å²) in [6.45, 7) is 4.28. The Bertz CT molecular complexity index is 915. The van der Waals surface area contributed by atoms with Crippen molar-refractivity contribution in [1.29, 1.82) is 0 Å². The van der Waals surface area contributed by atoms with Crippen LogP contribution in [0.4, 0.5) is 10.7 Å². The summed E-state index contributed by atoms with van der Waals surface area (Å²) in [6, 6.07) is 6.63. The smallest absolute Gasteiger partial charge is 0.341 e. The predicted octanol–water partition coefficient (Wildman–Crippen LogP) is 3.52. The molecule has 148 valence electrons. The Balaban J connectivity index is 1.76. The van der Waals surface area contributed by atoms with Crippen LogP contribution in [0, 0.1) is 13.8 Å². The number of carbonyl (C=O) groups is 3. The van der Waals surface area contributed by atoms with Crippen molar-refractivity contribution in [2.75, 3.05) is 24.4 Å². The summed E-state index contributed by atoms with van der Waals surface area (Å²) in [5.41, 5.74) is 2.02. The fraction of sp³-hybridized carbons (Fsp3) is 0.350. The lowest BCUT2D eigenvalue weighted by Crippen LogP contribution is -2.27. The summed E-state index contributed by atoms with van der Waals surface area (Å²) in [4.78, 5) is 37.9. The van der Waals surface area contributed by atoms with Gasteiger partial charge in [-0.1, -0.05) is 6.07 Å². The van der Waals surface area contributed by atoms with Crippen LogP contribution in [0.5, 0.6) is 0 Å². The molecule has 28 heavy (non-hydrogen) atoms. The molecular weight excluding hydrogens is 380 g/mol. The number of esters is 1. The number of methoxy groups -OCH3 is 1. The zero-order valence-electron chi connectivity index (χ0n) is 16.0. The molecule has 2 N–H and O–H groups in total. The number of aryl methyl sites for hydroxylation is 1. The first-order chi connectivity index (χ1) is 13.4. The fourth-order valence-corrected chi connectivity index (χ4v) is 4.03. The fourth-order valence-electron chi connectivity index (χ4n) is 2.98. The number of rotatable bonds is 5. The molecule has 2 aromatic rings. The van der Waals surface area contributed by atoms with Gasteiger partial charge in [-0.3, -0.25) is 9.59 Å². The Labute approximate surface area is 167 Å². The lowest BCUT2D eigenvalue weighted by atomic mass is 10.1. The third kappa shape index (κ3) is 4.23. The van der Waals surface area contributed by atoms with Crippen molar-refractivity contribution in [3.05, 3.63) is 45.8 Å². The zero-order valence-corrected chi connectivity index (χ0v) is 16.8. The second kappa shape index (κ2) is 8.53. The molecule has 1 aromatic carbocycles. The number of nitrogens with one attached hydrogen (secondary N) is 2. The molecule has 8 heteroatoms. The summed E-state index contributed by atoms with van der Waals surface area (Å²) in [5, 5.41) is 6.01. The molecule has 0 unspecified atom stereocenters. The number of thiophene rings is 1. The van der Waals surface area contributed by atoms with Gasteiger partial charge < -0.3 is 20.1 Å². The molecule has 1 aromatic heterocycles. The lowest BCUT2D eigenvalue weighted by Gasteiger charge is -2.11. The maximum atomic E-state index is 12.7. The molecule has 0 bridgehead atoms. The van der Waals surface area contributed by atoms with Crippen LogP contribution in [0.25, 0.3) is 0 Å². The van der Waals surface area contributed by atoms with E-state index in [0.29, 0.717) is 34.8 Å². The van der Waals surface area contributed by atoms with Crippen LogP contribution < -0.4 is 10.6 Å². The Morgan fingerprint density at radius 1 is 1.21 bits per heavy atom. The van der Waals surface area contributed by atoms with Crippen molar-refractivity contribution >= 4 is 39.8 Å². The number of carbonyl (C=O) groups excluding carboxylic acids is 3. The standard InChI is InChI=1S/C20H22N2O5S/c1-11-12(2)28-19(16(11)20(25)26-3)22-17(23)13-6-4-7-14(10-13)21-18(24)15-8-5-9-27-15/h4,6-7,10,15H,5,8-9H2,1-3H3,(H,21,24)(H,22,23)/t15-/m1/s1. The highest BCUT2D eigenvalue weighted by Crippen LogP contribution is 2.33. The highest BCUT2D eigenvalue weighted by atomic mass is 32.1. The van der Waals surface area contributed by atoms with Crippen molar-refractivity contribution in [1.82, 2.24) is 0 Å². The van der Waals surface area contributed by atoms with Crippen LogP contribution in [0.15, 0.2) is 24.3 Å². The summed E-state index contributed by atoms with van der Waals surface area (Å²) >= 11 is 1.32.